The van der Waals surface area contributed by atoms with Gasteiger partial charge in [-0.05, 0) is 37.6 Å². The van der Waals surface area contributed by atoms with E-state index in [2.05, 4.69) is 20.8 Å². The quantitative estimate of drug-likeness (QED) is 0.672. The molecule has 0 fully saturated rings. The number of anilines is 2. The SMILES string of the molecule is CCc1nnc(NC(=O)C(C)S(=O)(=O)CC(=O)Nc2ccc(OC)cc2)s1. The zero-order valence-corrected chi connectivity index (χ0v) is 16.7. The van der Waals surface area contributed by atoms with E-state index in [1.165, 1.54) is 25.4 Å². The third kappa shape index (κ3) is 5.73. The van der Waals surface area contributed by atoms with Crippen molar-refractivity contribution < 1.29 is 22.7 Å². The lowest BCUT2D eigenvalue weighted by molar-refractivity contribution is -0.115. The lowest BCUT2D eigenvalue weighted by atomic mass is 10.3. The molecule has 0 aliphatic heterocycles. The van der Waals surface area contributed by atoms with Crippen molar-refractivity contribution in [1.29, 1.82) is 0 Å². The Bertz CT molecular complexity index is 909. The zero-order chi connectivity index (χ0) is 20.0. The molecule has 2 aromatic rings. The summed E-state index contributed by atoms with van der Waals surface area (Å²) < 4.78 is 29.7. The number of hydrogen-bond acceptors (Lipinski definition) is 8. The Labute approximate surface area is 161 Å². The van der Waals surface area contributed by atoms with Gasteiger partial charge in [-0.3, -0.25) is 14.9 Å². The molecule has 0 saturated carbocycles. The third-order valence-corrected chi connectivity index (χ3v) is 6.55. The molecule has 27 heavy (non-hydrogen) atoms. The second-order valence-corrected chi connectivity index (χ2v) is 8.95. The molecule has 0 radical (unpaired) electrons. The molecule has 2 amide bonds. The van der Waals surface area contributed by atoms with Crippen molar-refractivity contribution in [2.45, 2.75) is 25.5 Å². The molecule has 0 aliphatic rings. The Morgan fingerprint density at radius 1 is 1.19 bits per heavy atom. The molecule has 2 rings (SSSR count). The number of sulfone groups is 1. The van der Waals surface area contributed by atoms with Crippen LogP contribution in [0.3, 0.4) is 0 Å². The van der Waals surface area contributed by atoms with Crippen molar-refractivity contribution in [1.82, 2.24) is 10.2 Å². The topological polar surface area (TPSA) is 127 Å². The fourth-order valence-corrected chi connectivity index (χ4v) is 3.75. The van der Waals surface area contributed by atoms with Gasteiger partial charge >= 0.3 is 0 Å². The number of amides is 2. The van der Waals surface area contributed by atoms with E-state index in [1.807, 2.05) is 6.92 Å². The van der Waals surface area contributed by atoms with E-state index >= 15 is 0 Å². The van der Waals surface area contributed by atoms with Gasteiger partial charge in [-0.25, -0.2) is 8.42 Å². The van der Waals surface area contributed by atoms with Crippen molar-refractivity contribution in [2.24, 2.45) is 0 Å². The number of carbonyl (C=O) groups excluding carboxylic acids is 2. The molecule has 1 heterocycles. The van der Waals surface area contributed by atoms with Crippen LogP contribution in [0.25, 0.3) is 0 Å². The van der Waals surface area contributed by atoms with Crippen LogP contribution in [-0.4, -0.2) is 48.5 Å². The first kappa shape index (κ1) is 20.8. The smallest absolute Gasteiger partial charge is 0.244 e. The van der Waals surface area contributed by atoms with Crippen molar-refractivity contribution in [3.63, 3.8) is 0 Å². The van der Waals surface area contributed by atoms with E-state index in [0.717, 1.165) is 5.01 Å². The minimum Gasteiger partial charge on any atom is -0.497 e. The second kappa shape index (κ2) is 8.91. The molecule has 0 bridgehead atoms. The Kier molecular flexibility index (Phi) is 6.86. The highest BCUT2D eigenvalue weighted by atomic mass is 32.2. The summed E-state index contributed by atoms with van der Waals surface area (Å²) in [6, 6.07) is 6.43. The lowest BCUT2D eigenvalue weighted by Crippen LogP contribution is -2.37. The van der Waals surface area contributed by atoms with E-state index in [1.54, 1.807) is 24.3 Å². The van der Waals surface area contributed by atoms with Crippen LogP contribution in [0, 0.1) is 0 Å². The molecule has 1 atom stereocenters. The van der Waals surface area contributed by atoms with Gasteiger partial charge in [0.15, 0.2) is 9.84 Å². The largest absolute Gasteiger partial charge is 0.497 e. The zero-order valence-electron chi connectivity index (χ0n) is 15.1. The minimum atomic E-state index is -4.00. The maximum Gasteiger partial charge on any atom is 0.244 e. The van der Waals surface area contributed by atoms with E-state index in [4.69, 9.17) is 4.74 Å². The Morgan fingerprint density at radius 2 is 1.85 bits per heavy atom. The number of nitrogens with one attached hydrogen (secondary N) is 2. The molecule has 1 unspecified atom stereocenters. The number of nitrogens with zero attached hydrogens (tertiary/aromatic N) is 2. The van der Waals surface area contributed by atoms with Gasteiger partial charge in [-0.15, -0.1) is 10.2 Å². The number of aryl methyl sites for hydroxylation is 1. The molecular weight excluding hydrogens is 392 g/mol. The number of carbonyl (C=O) groups is 2. The first-order chi connectivity index (χ1) is 12.7. The second-order valence-electron chi connectivity index (χ2n) is 5.57. The fraction of sp³-hybridized carbons (Fsp3) is 0.375. The Balaban J connectivity index is 1.96. The summed E-state index contributed by atoms with van der Waals surface area (Å²) in [7, 11) is -2.49. The van der Waals surface area contributed by atoms with Gasteiger partial charge in [-0.1, -0.05) is 18.3 Å². The van der Waals surface area contributed by atoms with Crippen LogP contribution in [-0.2, 0) is 25.8 Å². The predicted molar refractivity (Wildman–Crippen MR) is 103 cm³/mol. The summed E-state index contributed by atoms with van der Waals surface area (Å²) in [4.78, 5) is 24.2. The van der Waals surface area contributed by atoms with Crippen LogP contribution < -0.4 is 15.4 Å². The molecule has 146 valence electrons. The van der Waals surface area contributed by atoms with Crippen molar-refractivity contribution in [3.8, 4) is 5.75 Å². The number of methoxy groups -OCH3 is 1. The maximum atomic E-state index is 12.4. The maximum absolute atomic E-state index is 12.4. The number of benzene rings is 1. The monoisotopic (exact) mass is 412 g/mol. The predicted octanol–water partition coefficient (Wildman–Crippen LogP) is 1.49. The van der Waals surface area contributed by atoms with Crippen LogP contribution >= 0.6 is 11.3 Å². The van der Waals surface area contributed by atoms with Crippen LogP contribution in [0.15, 0.2) is 24.3 Å². The van der Waals surface area contributed by atoms with E-state index in [0.29, 0.717) is 17.9 Å². The molecular formula is C16H20N4O5S2. The van der Waals surface area contributed by atoms with Gasteiger partial charge in [0, 0.05) is 5.69 Å². The van der Waals surface area contributed by atoms with Gasteiger partial charge in [0.05, 0.1) is 7.11 Å². The van der Waals surface area contributed by atoms with E-state index in [9.17, 15) is 18.0 Å². The first-order valence-electron chi connectivity index (χ1n) is 8.04. The van der Waals surface area contributed by atoms with Crippen molar-refractivity contribution >= 4 is 43.8 Å². The summed E-state index contributed by atoms with van der Waals surface area (Å²) in [5.74, 6) is -1.70. The number of hydrogen-bond donors (Lipinski definition) is 2. The Hall–Kier alpha value is -2.53. The van der Waals surface area contributed by atoms with Gasteiger partial charge in [0.2, 0.25) is 16.9 Å². The summed E-state index contributed by atoms with van der Waals surface area (Å²) in [6.07, 6.45) is 0.660. The van der Waals surface area contributed by atoms with Gasteiger partial charge in [0.1, 0.15) is 21.8 Å². The molecule has 0 spiro atoms. The average Bonchev–Trinajstić information content (AvgIpc) is 3.08. The van der Waals surface area contributed by atoms with Crippen molar-refractivity contribution in [2.75, 3.05) is 23.5 Å². The summed E-state index contributed by atoms with van der Waals surface area (Å²) in [5, 5.41) is 12.1. The van der Waals surface area contributed by atoms with E-state index in [-0.39, 0.29) is 5.13 Å². The van der Waals surface area contributed by atoms with Crippen LogP contribution in [0.5, 0.6) is 5.75 Å². The normalized spacial score (nSPS) is 12.3. The van der Waals surface area contributed by atoms with Crippen LogP contribution in [0.1, 0.15) is 18.9 Å². The van der Waals surface area contributed by atoms with Crippen molar-refractivity contribution in [3.05, 3.63) is 29.3 Å². The molecule has 11 heteroatoms. The number of aromatic nitrogens is 2. The molecule has 1 aromatic heterocycles. The average molecular weight is 412 g/mol. The summed E-state index contributed by atoms with van der Waals surface area (Å²) in [5.41, 5.74) is 0.425. The highest BCUT2D eigenvalue weighted by Gasteiger charge is 2.31. The molecule has 9 nitrogen and oxygen atoms in total. The number of ether oxygens (including phenoxy) is 1. The summed E-state index contributed by atoms with van der Waals surface area (Å²) in [6.45, 7) is 3.12. The molecule has 2 N–H and O–H groups in total. The van der Waals surface area contributed by atoms with Crippen LogP contribution in [0.2, 0.25) is 0 Å². The first-order valence-corrected chi connectivity index (χ1v) is 10.6. The standard InChI is InChI=1S/C16H20N4O5S2/c1-4-14-19-20-16(26-14)18-15(22)10(2)27(23,24)9-13(21)17-11-5-7-12(25-3)8-6-11/h5-8,10H,4,9H2,1-3H3,(H,17,21)(H,18,20,22). The minimum absolute atomic E-state index is 0.224. The fourth-order valence-electron chi connectivity index (χ4n) is 2.00. The van der Waals surface area contributed by atoms with Gasteiger partial charge in [0.25, 0.3) is 0 Å². The molecule has 0 aliphatic carbocycles. The number of rotatable bonds is 8. The third-order valence-electron chi connectivity index (χ3n) is 3.61. The van der Waals surface area contributed by atoms with Crippen LogP contribution in [0.4, 0.5) is 10.8 Å². The van der Waals surface area contributed by atoms with E-state index < -0.39 is 32.7 Å². The highest BCUT2D eigenvalue weighted by Crippen LogP contribution is 2.17. The highest BCUT2D eigenvalue weighted by molar-refractivity contribution is 7.93. The van der Waals surface area contributed by atoms with Gasteiger partial charge < -0.3 is 10.1 Å². The molecule has 1 aromatic carbocycles. The molecule has 0 saturated heterocycles. The summed E-state index contributed by atoms with van der Waals surface area (Å²) >= 11 is 1.17. The lowest BCUT2D eigenvalue weighted by Gasteiger charge is -2.12. The van der Waals surface area contributed by atoms with Gasteiger partial charge in [-0.2, -0.15) is 0 Å². The Morgan fingerprint density at radius 3 is 2.41 bits per heavy atom.